The number of methoxy groups -OCH3 is 1. The van der Waals surface area contributed by atoms with E-state index in [9.17, 15) is 0 Å². The van der Waals surface area contributed by atoms with Gasteiger partial charge >= 0.3 is 0 Å². The highest BCUT2D eigenvalue weighted by Crippen LogP contribution is 2.46. The van der Waals surface area contributed by atoms with Crippen molar-refractivity contribution in [2.45, 2.75) is 26.2 Å². The van der Waals surface area contributed by atoms with Gasteiger partial charge in [0.2, 0.25) is 0 Å². The quantitative estimate of drug-likeness (QED) is 0.201. The number of benzene rings is 4. The molecule has 3 heterocycles. The van der Waals surface area contributed by atoms with Crippen LogP contribution in [0.4, 0.5) is 17.1 Å². The lowest BCUT2D eigenvalue weighted by Crippen LogP contribution is -2.62. The van der Waals surface area contributed by atoms with Crippen LogP contribution in [0.15, 0.2) is 98.4 Å². The van der Waals surface area contributed by atoms with E-state index < -0.39 is 0 Å². The second-order valence-corrected chi connectivity index (χ2v) is 10.6. The van der Waals surface area contributed by atoms with Gasteiger partial charge in [0.05, 0.1) is 6.61 Å². The van der Waals surface area contributed by atoms with Gasteiger partial charge in [-0.15, -0.1) is 0 Å². The Labute approximate surface area is 202 Å². The fraction of sp³-hybridized carbons (Fsp3) is 0.111. The van der Waals surface area contributed by atoms with Crippen molar-refractivity contribution in [2.24, 2.45) is 0 Å². The van der Waals surface area contributed by atoms with E-state index in [1.54, 1.807) is 7.11 Å². The third-order valence-corrected chi connectivity index (χ3v) is 8.79. The monoisotopic (exact) mass is 465 g/mol. The topological polar surface area (TPSA) is 21.7 Å². The second-order valence-electron chi connectivity index (χ2n) is 8.45. The lowest BCUT2D eigenvalue weighted by atomic mass is 9.34. The molecule has 0 aliphatic carbocycles. The van der Waals surface area contributed by atoms with Gasteiger partial charge in [-0.3, -0.25) is 0 Å². The molecule has 3 aliphatic rings. The first-order chi connectivity index (χ1) is 16.3. The maximum Gasteiger partial charge on any atom is 0.252 e. The summed E-state index contributed by atoms with van der Waals surface area (Å²) in [5, 5.41) is 0. The van der Waals surface area contributed by atoms with E-state index in [1.807, 2.05) is 23.5 Å². The van der Waals surface area contributed by atoms with Crippen LogP contribution in [-0.2, 0) is 16.1 Å². The van der Waals surface area contributed by atoms with E-state index in [-0.39, 0.29) is 6.71 Å². The zero-order valence-corrected chi connectivity index (χ0v) is 19.7. The molecule has 0 amide bonds. The average Bonchev–Trinajstić information content (AvgIpc) is 2.85. The summed E-state index contributed by atoms with van der Waals surface area (Å²) < 4.78 is 10.8. The Bertz CT molecular complexity index is 1330. The SMILES string of the molecule is COCOCc1cc2c3c(c1)Sc1cccc4c1B3c1c(cccc1N4c1ccccc1)S2. The van der Waals surface area contributed by atoms with Crippen LogP contribution in [0.5, 0.6) is 0 Å². The number of hydrogen-bond donors (Lipinski definition) is 0. The molecule has 0 saturated carbocycles. The zero-order valence-electron chi connectivity index (χ0n) is 18.1. The number of rotatable bonds is 5. The van der Waals surface area contributed by atoms with Crippen LogP contribution in [0.2, 0.25) is 0 Å². The van der Waals surface area contributed by atoms with E-state index in [0.717, 1.165) is 0 Å². The van der Waals surface area contributed by atoms with E-state index >= 15 is 0 Å². The largest absolute Gasteiger partial charge is 0.359 e. The number of ether oxygens (including phenoxy) is 2. The van der Waals surface area contributed by atoms with Gasteiger partial charge in [-0.2, -0.15) is 0 Å². The highest BCUT2D eigenvalue weighted by atomic mass is 32.2. The summed E-state index contributed by atoms with van der Waals surface area (Å²) in [6, 6.07) is 28.9. The molecule has 0 radical (unpaired) electrons. The van der Waals surface area contributed by atoms with Gasteiger partial charge in [0.1, 0.15) is 6.79 Å². The smallest absolute Gasteiger partial charge is 0.252 e. The summed E-state index contributed by atoms with van der Waals surface area (Å²) in [7, 11) is 1.66. The van der Waals surface area contributed by atoms with Crippen molar-refractivity contribution in [3.63, 3.8) is 0 Å². The minimum Gasteiger partial charge on any atom is -0.359 e. The van der Waals surface area contributed by atoms with Crippen molar-refractivity contribution in [1.29, 1.82) is 0 Å². The van der Waals surface area contributed by atoms with Crippen molar-refractivity contribution >= 4 is 63.7 Å². The molecular formula is C27H20BNO2S2. The molecule has 4 aromatic rings. The Morgan fingerprint density at radius 2 is 1.36 bits per heavy atom. The fourth-order valence-corrected chi connectivity index (χ4v) is 7.90. The van der Waals surface area contributed by atoms with Crippen LogP contribution >= 0.6 is 23.5 Å². The predicted octanol–water partition coefficient (Wildman–Crippen LogP) is 5.04. The van der Waals surface area contributed by atoms with Crippen LogP contribution in [0.3, 0.4) is 0 Å². The molecule has 3 aliphatic heterocycles. The third-order valence-electron chi connectivity index (χ3n) is 6.52. The van der Waals surface area contributed by atoms with E-state index in [0.29, 0.717) is 13.4 Å². The number of anilines is 3. The van der Waals surface area contributed by atoms with Gasteiger partial charge in [0.15, 0.2) is 0 Å². The molecule has 0 saturated heterocycles. The van der Waals surface area contributed by atoms with Crippen LogP contribution < -0.4 is 21.3 Å². The number of hydrogen-bond acceptors (Lipinski definition) is 5. The molecule has 7 rings (SSSR count). The fourth-order valence-electron chi connectivity index (χ4n) is 5.30. The Hall–Kier alpha value is -2.64. The van der Waals surface area contributed by atoms with E-state index in [1.165, 1.54) is 58.6 Å². The first kappa shape index (κ1) is 19.8. The third kappa shape index (κ3) is 2.95. The minimum absolute atomic E-state index is 0.267. The van der Waals surface area contributed by atoms with Gasteiger partial charge in [-0.1, -0.05) is 53.9 Å². The highest BCUT2D eigenvalue weighted by Gasteiger charge is 2.45. The normalized spacial score (nSPS) is 14.3. The summed E-state index contributed by atoms with van der Waals surface area (Å²) in [5.41, 5.74) is 9.30. The van der Waals surface area contributed by atoms with Crippen molar-refractivity contribution in [3.05, 3.63) is 84.4 Å². The first-order valence-corrected chi connectivity index (χ1v) is 12.7. The molecule has 4 aromatic carbocycles. The Balaban J connectivity index is 1.47. The van der Waals surface area contributed by atoms with Gasteiger partial charge in [0, 0.05) is 43.8 Å². The molecule has 0 atom stereocenters. The predicted molar refractivity (Wildman–Crippen MR) is 137 cm³/mol. The molecule has 0 bridgehead atoms. The van der Waals surface area contributed by atoms with Crippen LogP contribution in [0.1, 0.15) is 5.56 Å². The van der Waals surface area contributed by atoms with Crippen molar-refractivity contribution < 1.29 is 9.47 Å². The maximum absolute atomic E-state index is 5.69. The summed E-state index contributed by atoms with van der Waals surface area (Å²) >= 11 is 3.78. The van der Waals surface area contributed by atoms with Gasteiger partial charge in [-0.25, -0.2) is 0 Å². The molecule has 33 heavy (non-hydrogen) atoms. The highest BCUT2D eigenvalue weighted by molar-refractivity contribution is 8.01. The Morgan fingerprint density at radius 1 is 0.727 bits per heavy atom. The molecule has 0 fully saturated rings. The summed E-state index contributed by atoms with van der Waals surface area (Å²) in [4.78, 5) is 7.83. The standard InChI is InChI=1S/C27H20BNO2S2/c1-30-16-31-15-17-13-23-27-24(14-17)33-22-12-6-10-20-26(22)28(27)25-19(9-5-11-21(25)32-23)29(20)18-7-3-2-4-8-18/h2-14H,15-16H2,1H3. The maximum atomic E-state index is 5.69. The summed E-state index contributed by atoms with van der Waals surface area (Å²) in [6.07, 6.45) is 0. The molecule has 3 nitrogen and oxygen atoms in total. The molecule has 0 aromatic heterocycles. The lowest BCUT2D eigenvalue weighted by molar-refractivity contribution is -0.0391. The minimum atomic E-state index is 0.267. The van der Waals surface area contributed by atoms with Gasteiger partial charge in [-0.05, 0) is 70.5 Å². The van der Waals surface area contributed by atoms with Crippen molar-refractivity contribution in [3.8, 4) is 0 Å². The van der Waals surface area contributed by atoms with E-state index in [4.69, 9.17) is 9.47 Å². The molecule has 6 heteroatoms. The Morgan fingerprint density at radius 3 is 1.97 bits per heavy atom. The summed E-state index contributed by atoms with van der Waals surface area (Å²) in [6.45, 7) is 1.13. The second kappa shape index (κ2) is 7.71. The van der Waals surface area contributed by atoms with Crippen LogP contribution in [0.25, 0.3) is 0 Å². The molecular weight excluding hydrogens is 445 g/mol. The number of nitrogens with zero attached hydrogens (tertiary/aromatic N) is 1. The lowest BCUT2D eigenvalue weighted by Gasteiger charge is -2.43. The van der Waals surface area contributed by atoms with Crippen LogP contribution in [-0.4, -0.2) is 20.6 Å². The van der Waals surface area contributed by atoms with Gasteiger partial charge in [0.25, 0.3) is 6.71 Å². The van der Waals surface area contributed by atoms with Crippen molar-refractivity contribution in [1.82, 2.24) is 0 Å². The van der Waals surface area contributed by atoms with Crippen LogP contribution in [0, 0.1) is 0 Å². The average molecular weight is 465 g/mol. The molecule has 0 unspecified atom stereocenters. The molecule has 0 spiro atoms. The molecule has 160 valence electrons. The first-order valence-electron chi connectivity index (χ1n) is 11.0. The molecule has 0 N–H and O–H groups in total. The summed E-state index contributed by atoms with van der Waals surface area (Å²) in [5.74, 6) is 0. The van der Waals surface area contributed by atoms with Crippen molar-refractivity contribution in [2.75, 3.05) is 18.8 Å². The van der Waals surface area contributed by atoms with E-state index in [2.05, 4.69) is 83.8 Å². The Kier molecular flexibility index (Phi) is 4.62. The number of para-hydroxylation sites is 1. The zero-order chi connectivity index (χ0) is 21.9. The van der Waals surface area contributed by atoms with Gasteiger partial charge < -0.3 is 14.4 Å².